The van der Waals surface area contributed by atoms with Crippen LogP contribution in [-0.2, 0) is 9.53 Å². The normalized spacial score (nSPS) is 14.7. The number of nitrogens with two attached hydrogens (primary N) is 1. The van der Waals surface area contributed by atoms with Gasteiger partial charge in [0.25, 0.3) is 0 Å². The largest absolute Gasteiger partial charge is 0.497 e. The number of anilines is 1. The summed E-state index contributed by atoms with van der Waals surface area (Å²) in [4.78, 5) is 31.4. The molecule has 39 heavy (non-hydrogen) atoms. The highest BCUT2D eigenvalue weighted by Crippen LogP contribution is 2.33. The summed E-state index contributed by atoms with van der Waals surface area (Å²) in [5.74, 6) is 5.23. The lowest BCUT2D eigenvalue weighted by atomic mass is 10.0. The maximum absolute atomic E-state index is 15.0. The first-order valence-electron chi connectivity index (χ1n) is 12.4. The topological polar surface area (TPSA) is 122 Å². The first-order valence-corrected chi connectivity index (χ1v) is 12.4. The predicted octanol–water partition coefficient (Wildman–Crippen LogP) is 3.14. The Morgan fingerprint density at radius 3 is 2.74 bits per heavy atom. The number of Topliss-reactive ketones (excluding diaryl/α,β-unsaturated/α-hetero) is 1. The quantitative estimate of drug-likeness (QED) is 0.192. The van der Waals surface area contributed by atoms with Gasteiger partial charge in [-0.05, 0) is 30.9 Å². The number of rotatable bonds is 9. The maximum atomic E-state index is 15.0. The van der Waals surface area contributed by atoms with Crippen LogP contribution in [0.4, 0.5) is 10.2 Å². The van der Waals surface area contributed by atoms with Gasteiger partial charge in [-0.1, -0.05) is 12.5 Å². The zero-order valence-corrected chi connectivity index (χ0v) is 22.1. The second-order valence-corrected chi connectivity index (χ2v) is 8.97. The molecule has 0 aliphatic carbocycles. The Morgan fingerprint density at radius 2 is 2.05 bits per heavy atom. The summed E-state index contributed by atoms with van der Waals surface area (Å²) < 4.78 is 32.1. The number of carbonyl (C=O) groups is 2. The number of nitrogens with zero attached hydrogens (tertiary/aromatic N) is 4. The molecule has 2 aromatic heterocycles. The molecule has 11 heteroatoms. The molecule has 0 saturated carbocycles. The number of methoxy groups -OCH3 is 3. The zero-order valence-electron chi connectivity index (χ0n) is 22.1. The molecule has 1 saturated heterocycles. The van der Waals surface area contributed by atoms with Crippen molar-refractivity contribution >= 4 is 28.4 Å². The Bertz CT molecular complexity index is 1490. The molecule has 1 amide bonds. The van der Waals surface area contributed by atoms with Crippen molar-refractivity contribution in [2.75, 3.05) is 46.8 Å². The number of nitrogen functional groups attached to an aromatic ring is 1. The van der Waals surface area contributed by atoms with Crippen LogP contribution in [0.2, 0.25) is 0 Å². The Morgan fingerprint density at radius 1 is 1.26 bits per heavy atom. The fourth-order valence-electron chi connectivity index (χ4n) is 4.59. The van der Waals surface area contributed by atoms with Crippen molar-refractivity contribution in [3.8, 4) is 23.3 Å². The van der Waals surface area contributed by atoms with Crippen molar-refractivity contribution in [2.45, 2.75) is 25.3 Å². The number of benzene rings is 1. The van der Waals surface area contributed by atoms with E-state index in [0.717, 1.165) is 0 Å². The van der Waals surface area contributed by atoms with Gasteiger partial charge < -0.3 is 24.8 Å². The summed E-state index contributed by atoms with van der Waals surface area (Å²) >= 11 is 0. The molecule has 1 aromatic carbocycles. The van der Waals surface area contributed by atoms with E-state index in [4.69, 9.17) is 25.0 Å². The Kier molecular flexibility index (Phi) is 8.46. The summed E-state index contributed by atoms with van der Waals surface area (Å²) in [6.45, 7) is 4.88. The van der Waals surface area contributed by atoms with Gasteiger partial charge in [-0.3, -0.25) is 14.3 Å². The molecule has 3 aromatic rings. The van der Waals surface area contributed by atoms with Crippen LogP contribution in [0.1, 0.15) is 46.9 Å². The Labute approximate surface area is 225 Å². The van der Waals surface area contributed by atoms with Crippen molar-refractivity contribution in [2.24, 2.45) is 0 Å². The molecule has 0 spiro atoms. The predicted molar refractivity (Wildman–Crippen MR) is 143 cm³/mol. The van der Waals surface area contributed by atoms with Gasteiger partial charge in [0, 0.05) is 45.5 Å². The summed E-state index contributed by atoms with van der Waals surface area (Å²) in [6, 6.07) is 2.63. The first kappa shape index (κ1) is 27.6. The number of hydrogen-bond acceptors (Lipinski definition) is 8. The van der Waals surface area contributed by atoms with Gasteiger partial charge in [-0.15, -0.1) is 0 Å². The van der Waals surface area contributed by atoms with Gasteiger partial charge in [-0.25, -0.2) is 9.37 Å². The molecule has 1 atom stereocenters. The van der Waals surface area contributed by atoms with E-state index in [9.17, 15) is 14.0 Å². The van der Waals surface area contributed by atoms with Gasteiger partial charge in [0.2, 0.25) is 5.91 Å². The molecule has 3 heterocycles. The molecular formula is C28H30FN5O5. The lowest BCUT2D eigenvalue weighted by Crippen LogP contribution is -2.27. The van der Waals surface area contributed by atoms with Crippen LogP contribution >= 0.6 is 0 Å². The first-order chi connectivity index (χ1) is 18.8. The highest BCUT2D eigenvalue weighted by Gasteiger charge is 2.31. The summed E-state index contributed by atoms with van der Waals surface area (Å²) in [6.07, 6.45) is 4.08. The molecule has 1 aliphatic rings. The minimum atomic E-state index is -0.649. The van der Waals surface area contributed by atoms with E-state index in [1.54, 1.807) is 16.7 Å². The number of pyridine rings is 1. The third kappa shape index (κ3) is 5.56. The van der Waals surface area contributed by atoms with E-state index >= 15 is 0 Å². The number of halogens is 1. The number of fused-ring (bicyclic) bond motifs is 1. The van der Waals surface area contributed by atoms with Crippen LogP contribution in [0.25, 0.3) is 10.9 Å². The van der Waals surface area contributed by atoms with Gasteiger partial charge >= 0.3 is 0 Å². The smallest absolute Gasteiger partial charge is 0.246 e. The van der Waals surface area contributed by atoms with Crippen LogP contribution in [0.15, 0.2) is 31.0 Å². The number of ether oxygens (including phenoxy) is 3. The molecule has 0 radical (unpaired) electrons. The van der Waals surface area contributed by atoms with E-state index in [1.807, 2.05) is 0 Å². The SMILES string of the molecule is C=CC(=O)N1CC[C@H](n2nc(C#Cc3cc(OC)cc(OC)c3F)c3c(N)ncc(C(=O)CCCOC)c32)C1. The highest BCUT2D eigenvalue weighted by atomic mass is 19.1. The third-order valence-corrected chi connectivity index (χ3v) is 6.59. The molecule has 4 rings (SSSR count). The zero-order chi connectivity index (χ0) is 28.1. The number of ketones is 1. The number of aromatic nitrogens is 3. The van der Waals surface area contributed by atoms with Gasteiger partial charge in [0.1, 0.15) is 17.3 Å². The van der Waals surface area contributed by atoms with Crippen LogP contribution < -0.4 is 15.2 Å². The second kappa shape index (κ2) is 12.0. The van der Waals surface area contributed by atoms with Crippen molar-refractivity contribution in [1.29, 1.82) is 0 Å². The fourth-order valence-corrected chi connectivity index (χ4v) is 4.59. The van der Waals surface area contributed by atoms with E-state index in [2.05, 4.69) is 23.4 Å². The second-order valence-electron chi connectivity index (χ2n) is 8.97. The number of carbonyl (C=O) groups excluding carboxylic acids is 2. The van der Waals surface area contributed by atoms with Crippen LogP contribution in [0.3, 0.4) is 0 Å². The fraction of sp³-hybridized carbons (Fsp3) is 0.357. The van der Waals surface area contributed by atoms with Crippen LogP contribution in [0, 0.1) is 17.7 Å². The minimum absolute atomic E-state index is 0.0166. The molecule has 0 unspecified atom stereocenters. The van der Waals surface area contributed by atoms with Gasteiger partial charge in [0.05, 0.1) is 42.3 Å². The van der Waals surface area contributed by atoms with E-state index in [1.165, 1.54) is 38.6 Å². The van der Waals surface area contributed by atoms with Gasteiger partial charge in [0.15, 0.2) is 17.3 Å². The van der Waals surface area contributed by atoms with E-state index in [0.29, 0.717) is 54.8 Å². The van der Waals surface area contributed by atoms with E-state index in [-0.39, 0.29) is 47.0 Å². The standard InChI is InChI=1S/C28H30FN5O5/c1-5-24(36)33-11-10-18(16-33)34-27-20(22(35)7-6-12-37-2)15-31-28(30)25(27)21(32-34)9-8-17-13-19(38-3)14-23(39-4)26(17)29/h5,13-15,18H,1,6-7,10-12,16H2,2-4H3,(H2,30,31)/t18-/m0/s1. The highest BCUT2D eigenvalue weighted by molar-refractivity contribution is 6.10. The monoisotopic (exact) mass is 535 g/mol. The van der Waals surface area contributed by atoms with Crippen LogP contribution in [0.5, 0.6) is 11.5 Å². The third-order valence-electron chi connectivity index (χ3n) is 6.59. The van der Waals surface area contributed by atoms with Crippen molar-refractivity contribution < 1.29 is 28.2 Å². The Hall–Kier alpha value is -4.43. The molecule has 1 fully saturated rings. The van der Waals surface area contributed by atoms with Crippen molar-refractivity contribution in [1.82, 2.24) is 19.7 Å². The minimum Gasteiger partial charge on any atom is -0.497 e. The summed E-state index contributed by atoms with van der Waals surface area (Å²) in [5, 5.41) is 5.11. The maximum Gasteiger partial charge on any atom is 0.246 e. The lowest BCUT2D eigenvalue weighted by Gasteiger charge is -2.16. The number of likely N-dealkylation sites (tertiary alicyclic amines) is 1. The molecule has 0 bridgehead atoms. The van der Waals surface area contributed by atoms with Gasteiger partial charge in [-0.2, -0.15) is 5.10 Å². The van der Waals surface area contributed by atoms with Crippen molar-refractivity contribution in [3.05, 3.63) is 53.6 Å². The average molecular weight is 536 g/mol. The summed E-state index contributed by atoms with van der Waals surface area (Å²) in [5.41, 5.74) is 7.39. The average Bonchev–Trinajstić information content (AvgIpc) is 3.58. The number of amides is 1. The molecular weight excluding hydrogens is 505 g/mol. The Balaban J connectivity index is 1.87. The molecule has 204 valence electrons. The van der Waals surface area contributed by atoms with E-state index < -0.39 is 5.82 Å². The number of hydrogen-bond donors (Lipinski definition) is 1. The molecule has 2 N–H and O–H groups in total. The van der Waals surface area contributed by atoms with Crippen LogP contribution in [-0.4, -0.2) is 72.4 Å². The molecule has 1 aliphatic heterocycles. The van der Waals surface area contributed by atoms with Crippen molar-refractivity contribution in [3.63, 3.8) is 0 Å². The molecule has 10 nitrogen and oxygen atoms in total. The lowest BCUT2D eigenvalue weighted by molar-refractivity contribution is -0.125. The summed E-state index contributed by atoms with van der Waals surface area (Å²) in [7, 11) is 4.38.